The molecule has 0 bridgehead atoms. The summed E-state index contributed by atoms with van der Waals surface area (Å²) in [5, 5.41) is 2.64. The molecule has 0 unspecified atom stereocenters. The van der Waals surface area contributed by atoms with Gasteiger partial charge < -0.3 is 14.9 Å². The van der Waals surface area contributed by atoms with E-state index in [4.69, 9.17) is 0 Å². The minimum Gasteiger partial charge on any atom is -0.369 e. The molecule has 2 aromatic carbocycles. The molecule has 0 amide bonds. The van der Waals surface area contributed by atoms with Crippen molar-refractivity contribution in [2.45, 2.75) is 6.42 Å². The Kier molecular flexibility index (Phi) is 4.42. The fourth-order valence-electron chi connectivity index (χ4n) is 4.11. The second-order valence-corrected chi connectivity index (χ2v) is 8.25. The average molecular weight is 423 g/mol. The van der Waals surface area contributed by atoms with Crippen LogP contribution in [-0.2, 0) is 6.42 Å². The fraction of sp³-hybridized carbons (Fsp3) is 0.273. The summed E-state index contributed by atoms with van der Waals surface area (Å²) in [6.45, 7) is 5.55. The molecule has 4 aromatic rings. The Morgan fingerprint density at radius 1 is 0.889 bits per heavy atom. The van der Waals surface area contributed by atoms with E-state index < -0.39 is 0 Å². The fourth-order valence-corrected chi connectivity index (χ4v) is 4.47. The van der Waals surface area contributed by atoms with Crippen LogP contribution in [0.2, 0.25) is 0 Å². The summed E-state index contributed by atoms with van der Waals surface area (Å²) in [5.74, 6) is 0. The number of piperazine rings is 1. The highest BCUT2D eigenvalue weighted by atomic mass is 79.9. The van der Waals surface area contributed by atoms with E-state index in [2.05, 4.69) is 84.4 Å². The van der Waals surface area contributed by atoms with Gasteiger partial charge in [0.15, 0.2) is 0 Å². The molecular formula is C22H23BrN4. The first-order valence-electron chi connectivity index (χ1n) is 9.56. The largest absolute Gasteiger partial charge is 0.369 e. The maximum absolute atomic E-state index is 3.54. The van der Waals surface area contributed by atoms with Crippen LogP contribution in [0.5, 0.6) is 0 Å². The lowest BCUT2D eigenvalue weighted by Crippen LogP contribution is -2.46. The number of halogens is 1. The van der Waals surface area contributed by atoms with Crippen LogP contribution in [-0.4, -0.2) is 47.6 Å². The van der Waals surface area contributed by atoms with E-state index in [9.17, 15) is 0 Å². The molecule has 1 aliphatic rings. The third-order valence-corrected chi connectivity index (χ3v) is 6.19. The zero-order chi connectivity index (χ0) is 18.2. The van der Waals surface area contributed by atoms with Gasteiger partial charge in [0.25, 0.3) is 0 Å². The Hall–Kier alpha value is -2.24. The summed E-state index contributed by atoms with van der Waals surface area (Å²) in [6, 6.07) is 15.4. The second kappa shape index (κ2) is 7.06. The normalized spacial score (nSPS) is 15.8. The maximum Gasteiger partial charge on any atom is 0.0468 e. The predicted octanol–water partition coefficient (Wildman–Crippen LogP) is 4.78. The molecule has 0 atom stereocenters. The average Bonchev–Trinajstić information content (AvgIpc) is 3.32. The third-order valence-electron chi connectivity index (χ3n) is 5.70. The van der Waals surface area contributed by atoms with Crippen molar-refractivity contribution >= 4 is 43.4 Å². The minimum absolute atomic E-state index is 1.09. The van der Waals surface area contributed by atoms with Gasteiger partial charge in [-0.2, -0.15) is 0 Å². The molecule has 0 saturated carbocycles. The van der Waals surface area contributed by atoms with Crippen molar-refractivity contribution in [3.05, 3.63) is 64.9 Å². The van der Waals surface area contributed by atoms with Crippen LogP contribution >= 0.6 is 15.9 Å². The number of aromatic nitrogens is 2. The quantitative estimate of drug-likeness (QED) is 0.496. The Labute approximate surface area is 167 Å². The summed E-state index contributed by atoms with van der Waals surface area (Å²) < 4.78 is 1.12. The van der Waals surface area contributed by atoms with E-state index in [-0.39, 0.29) is 0 Å². The molecule has 0 spiro atoms. The molecule has 3 heterocycles. The van der Waals surface area contributed by atoms with Crippen LogP contribution in [0, 0.1) is 0 Å². The third kappa shape index (κ3) is 3.37. The summed E-state index contributed by atoms with van der Waals surface area (Å²) in [6.07, 6.45) is 5.27. The van der Waals surface area contributed by atoms with E-state index in [1.165, 1.54) is 33.1 Å². The van der Waals surface area contributed by atoms with Crippen LogP contribution in [0.3, 0.4) is 0 Å². The lowest BCUT2D eigenvalue weighted by Gasteiger charge is -2.36. The van der Waals surface area contributed by atoms with Crippen molar-refractivity contribution < 1.29 is 0 Å². The van der Waals surface area contributed by atoms with Crippen LogP contribution in [0.15, 0.2) is 59.3 Å². The summed E-state index contributed by atoms with van der Waals surface area (Å²) in [7, 11) is 0. The van der Waals surface area contributed by atoms with E-state index >= 15 is 0 Å². The number of hydrogen-bond donors (Lipinski definition) is 2. The molecule has 0 radical (unpaired) electrons. The zero-order valence-electron chi connectivity index (χ0n) is 15.2. The number of H-pyrrole nitrogens is 2. The van der Waals surface area contributed by atoms with Crippen LogP contribution in [0.1, 0.15) is 5.56 Å². The monoisotopic (exact) mass is 422 g/mol. The number of aromatic amines is 2. The van der Waals surface area contributed by atoms with Crippen LogP contribution in [0.25, 0.3) is 21.8 Å². The topological polar surface area (TPSA) is 38.1 Å². The van der Waals surface area contributed by atoms with Gasteiger partial charge in [-0.15, -0.1) is 0 Å². The lowest BCUT2D eigenvalue weighted by atomic mass is 10.1. The van der Waals surface area contributed by atoms with Gasteiger partial charge in [0.05, 0.1) is 0 Å². The predicted molar refractivity (Wildman–Crippen MR) is 117 cm³/mol. The molecule has 1 aliphatic heterocycles. The molecule has 138 valence electrons. The highest BCUT2D eigenvalue weighted by Crippen LogP contribution is 2.24. The Morgan fingerprint density at radius 3 is 2.67 bits per heavy atom. The molecule has 2 N–H and O–H groups in total. The molecule has 27 heavy (non-hydrogen) atoms. The Morgan fingerprint density at radius 2 is 1.78 bits per heavy atom. The molecule has 2 aromatic heterocycles. The highest BCUT2D eigenvalue weighted by Gasteiger charge is 2.17. The van der Waals surface area contributed by atoms with Crippen molar-refractivity contribution in [2.24, 2.45) is 0 Å². The number of anilines is 1. The van der Waals surface area contributed by atoms with Crippen LogP contribution < -0.4 is 4.90 Å². The Bertz CT molecular complexity index is 1070. The van der Waals surface area contributed by atoms with Crippen molar-refractivity contribution in [1.82, 2.24) is 14.9 Å². The van der Waals surface area contributed by atoms with Gasteiger partial charge in [-0.1, -0.05) is 22.0 Å². The van der Waals surface area contributed by atoms with E-state index in [0.717, 1.165) is 43.6 Å². The molecule has 5 heteroatoms. The molecule has 1 fully saturated rings. The number of hydrogen-bond acceptors (Lipinski definition) is 2. The molecule has 1 saturated heterocycles. The first-order chi connectivity index (χ1) is 13.3. The van der Waals surface area contributed by atoms with Crippen molar-refractivity contribution in [1.29, 1.82) is 0 Å². The number of rotatable bonds is 4. The lowest BCUT2D eigenvalue weighted by molar-refractivity contribution is 0.261. The zero-order valence-corrected chi connectivity index (χ0v) is 16.8. The summed E-state index contributed by atoms with van der Waals surface area (Å²) in [4.78, 5) is 11.8. The first kappa shape index (κ1) is 16.9. The van der Waals surface area contributed by atoms with E-state index in [0.29, 0.717) is 0 Å². The number of fused-ring (bicyclic) bond motifs is 2. The molecule has 0 aliphatic carbocycles. The van der Waals surface area contributed by atoms with Crippen LogP contribution in [0.4, 0.5) is 5.69 Å². The number of benzene rings is 2. The van der Waals surface area contributed by atoms with E-state index in [1.807, 2.05) is 6.20 Å². The van der Waals surface area contributed by atoms with Gasteiger partial charge >= 0.3 is 0 Å². The molecule has 5 rings (SSSR count). The Balaban J connectivity index is 1.20. The van der Waals surface area contributed by atoms with Gasteiger partial charge in [-0.05, 0) is 48.4 Å². The van der Waals surface area contributed by atoms with E-state index in [1.54, 1.807) is 0 Å². The molecule has 4 nitrogen and oxygen atoms in total. The molecular weight excluding hydrogens is 400 g/mol. The minimum atomic E-state index is 1.09. The van der Waals surface area contributed by atoms with Crippen molar-refractivity contribution in [2.75, 3.05) is 37.6 Å². The summed E-state index contributed by atoms with van der Waals surface area (Å²) >= 11 is 3.54. The maximum atomic E-state index is 3.54. The van der Waals surface area contributed by atoms with Gasteiger partial charge in [-0.3, -0.25) is 4.90 Å². The number of nitrogens with one attached hydrogen (secondary N) is 2. The first-order valence-corrected chi connectivity index (χ1v) is 10.4. The van der Waals surface area contributed by atoms with Gasteiger partial charge in [0.1, 0.15) is 0 Å². The highest BCUT2D eigenvalue weighted by molar-refractivity contribution is 9.10. The smallest absolute Gasteiger partial charge is 0.0468 e. The van der Waals surface area contributed by atoms with Crippen molar-refractivity contribution in [3.8, 4) is 0 Å². The number of nitrogens with zero attached hydrogens (tertiary/aromatic N) is 2. The van der Waals surface area contributed by atoms with Gasteiger partial charge in [0.2, 0.25) is 0 Å². The van der Waals surface area contributed by atoms with Gasteiger partial charge in [-0.25, -0.2) is 0 Å². The summed E-state index contributed by atoms with van der Waals surface area (Å²) in [5.41, 5.74) is 5.18. The standard InChI is InChI=1S/C22H23BrN4/c23-18-1-3-20-17(15-25-22(20)14-18)6-8-26-9-11-27(12-10-26)19-2-4-21-16(13-19)5-7-24-21/h1-5,7,13-15,24-25H,6,8-12H2. The SMILES string of the molecule is Brc1ccc2c(CCN3CCN(c4ccc5[nH]ccc5c4)CC3)c[nH]c2c1. The van der Waals surface area contributed by atoms with Gasteiger partial charge in [0, 0.05) is 77.1 Å². The second-order valence-electron chi connectivity index (χ2n) is 7.33. The van der Waals surface area contributed by atoms with Crippen molar-refractivity contribution in [3.63, 3.8) is 0 Å².